The normalized spacial score (nSPS) is 10.4. The quantitative estimate of drug-likeness (QED) is 0.410. The van der Waals surface area contributed by atoms with E-state index in [-0.39, 0.29) is 37.6 Å². The van der Waals surface area contributed by atoms with Gasteiger partial charge in [-0.15, -0.1) is 0 Å². The number of rotatable bonds is 9. The Morgan fingerprint density at radius 1 is 0.897 bits per heavy atom. The first-order valence-electron chi connectivity index (χ1n) is 9.24. The highest BCUT2D eigenvalue weighted by molar-refractivity contribution is 5.86. The molecule has 0 radical (unpaired) electrons. The maximum Gasteiger partial charge on any atom is 0.358 e. The Hall–Kier alpha value is -3.61. The summed E-state index contributed by atoms with van der Waals surface area (Å²) in [6.07, 6.45) is 0. The number of aromatic nitrogens is 2. The summed E-state index contributed by atoms with van der Waals surface area (Å²) >= 11 is 0. The van der Waals surface area contributed by atoms with Gasteiger partial charge in [0.2, 0.25) is 0 Å². The molecule has 7 nitrogen and oxygen atoms in total. The van der Waals surface area contributed by atoms with Crippen LogP contribution in [0.1, 0.15) is 16.1 Å². The zero-order chi connectivity index (χ0) is 20.5. The molecule has 3 rings (SSSR count). The molecule has 7 heteroatoms. The van der Waals surface area contributed by atoms with Crippen molar-refractivity contribution in [2.45, 2.75) is 13.5 Å². The van der Waals surface area contributed by atoms with Gasteiger partial charge in [0.15, 0.2) is 5.69 Å². The molecule has 0 bridgehead atoms. The van der Waals surface area contributed by atoms with Gasteiger partial charge in [-0.25, -0.2) is 9.48 Å². The lowest BCUT2D eigenvalue weighted by Gasteiger charge is -2.09. The van der Waals surface area contributed by atoms with E-state index in [0.717, 1.165) is 5.56 Å². The van der Waals surface area contributed by atoms with Crippen LogP contribution in [-0.2, 0) is 11.3 Å². The monoisotopic (exact) mass is 394 g/mol. The van der Waals surface area contributed by atoms with Gasteiger partial charge in [0.05, 0.1) is 6.54 Å². The molecule has 0 saturated carbocycles. The van der Waals surface area contributed by atoms with Crippen LogP contribution in [0.2, 0.25) is 0 Å². The van der Waals surface area contributed by atoms with Gasteiger partial charge >= 0.3 is 5.97 Å². The minimum Gasteiger partial charge on any atom is -0.492 e. The van der Waals surface area contributed by atoms with Gasteiger partial charge in [0, 0.05) is 6.07 Å². The molecule has 150 valence electrons. The fraction of sp³-hybridized carbons (Fsp3) is 0.227. The Labute approximate surface area is 168 Å². The second-order valence-corrected chi connectivity index (χ2v) is 6.24. The standard InChI is InChI=1S/C22H22N2O5/c1-17-6-5-9-19(16-17)28-14-15-29-22(26)20-10-11-21(25)24(23-20)12-13-27-18-7-3-2-4-8-18/h2-11,16H,12-15H2,1H3. The van der Waals surface area contributed by atoms with Crippen molar-refractivity contribution >= 4 is 5.97 Å². The van der Waals surface area contributed by atoms with E-state index < -0.39 is 5.97 Å². The minimum absolute atomic E-state index is 0.0554. The second kappa shape index (κ2) is 10.1. The molecule has 2 aromatic carbocycles. The zero-order valence-electron chi connectivity index (χ0n) is 16.1. The Balaban J connectivity index is 1.48. The maximum absolute atomic E-state index is 12.2. The lowest BCUT2D eigenvalue weighted by Crippen LogP contribution is -2.27. The van der Waals surface area contributed by atoms with E-state index in [1.165, 1.54) is 16.8 Å². The number of hydrogen-bond donors (Lipinski definition) is 0. The van der Waals surface area contributed by atoms with Crippen molar-refractivity contribution in [2.24, 2.45) is 0 Å². The molecule has 3 aromatic rings. The summed E-state index contributed by atoms with van der Waals surface area (Å²) in [7, 11) is 0. The number of nitrogens with zero attached hydrogens (tertiary/aromatic N) is 2. The van der Waals surface area contributed by atoms with E-state index in [4.69, 9.17) is 14.2 Å². The average molecular weight is 394 g/mol. The SMILES string of the molecule is Cc1cccc(OCCOC(=O)c2ccc(=O)n(CCOc3ccccc3)n2)c1. The topological polar surface area (TPSA) is 79.7 Å². The summed E-state index contributed by atoms with van der Waals surface area (Å²) in [6, 6.07) is 19.5. The highest BCUT2D eigenvalue weighted by atomic mass is 16.6. The van der Waals surface area contributed by atoms with Gasteiger partial charge in [0.25, 0.3) is 5.56 Å². The van der Waals surface area contributed by atoms with Gasteiger partial charge in [-0.05, 0) is 42.8 Å². The van der Waals surface area contributed by atoms with Gasteiger partial charge < -0.3 is 14.2 Å². The van der Waals surface area contributed by atoms with Crippen LogP contribution in [0.15, 0.2) is 71.5 Å². The van der Waals surface area contributed by atoms with E-state index in [0.29, 0.717) is 11.5 Å². The third-order valence-electron chi connectivity index (χ3n) is 3.97. The van der Waals surface area contributed by atoms with Gasteiger partial charge in [-0.3, -0.25) is 4.79 Å². The summed E-state index contributed by atoms with van der Waals surface area (Å²) in [5, 5.41) is 4.06. The smallest absolute Gasteiger partial charge is 0.358 e. The molecule has 0 saturated heterocycles. The van der Waals surface area contributed by atoms with Crippen LogP contribution in [0.5, 0.6) is 11.5 Å². The number of hydrogen-bond acceptors (Lipinski definition) is 6. The fourth-order valence-corrected chi connectivity index (χ4v) is 2.56. The summed E-state index contributed by atoms with van der Waals surface area (Å²) in [5.41, 5.74) is 0.822. The summed E-state index contributed by atoms with van der Waals surface area (Å²) in [6.45, 7) is 2.73. The van der Waals surface area contributed by atoms with Gasteiger partial charge in [0.1, 0.15) is 31.3 Å². The largest absolute Gasteiger partial charge is 0.492 e. The van der Waals surface area contributed by atoms with Crippen molar-refractivity contribution in [1.29, 1.82) is 0 Å². The van der Waals surface area contributed by atoms with E-state index >= 15 is 0 Å². The minimum atomic E-state index is -0.615. The van der Waals surface area contributed by atoms with E-state index in [2.05, 4.69) is 5.10 Å². The third kappa shape index (κ3) is 6.21. The first kappa shape index (κ1) is 20.1. The summed E-state index contributed by atoms with van der Waals surface area (Å²) < 4.78 is 17.5. The van der Waals surface area contributed by atoms with Crippen molar-refractivity contribution in [3.63, 3.8) is 0 Å². The molecule has 0 aliphatic heterocycles. The zero-order valence-corrected chi connectivity index (χ0v) is 16.1. The predicted molar refractivity (Wildman–Crippen MR) is 107 cm³/mol. The number of carbonyl (C=O) groups excluding carboxylic acids is 1. The molecule has 0 atom stereocenters. The first-order chi connectivity index (χ1) is 14.1. The number of ether oxygens (including phenoxy) is 3. The molecule has 29 heavy (non-hydrogen) atoms. The lowest BCUT2D eigenvalue weighted by atomic mass is 10.2. The summed E-state index contributed by atoms with van der Waals surface area (Å²) in [5.74, 6) is 0.798. The molecular weight excluding hydrogens is 372 g/mol. The van der Waals surface area contributed by atoms with Crippen molar-refractivity contribution < 1.29 is 19.0 Å². The van der Waals surface area contributed by atoms with Gasteiger partial charge in [-0.1, -0.05) is 30.3 Å². The Morgan fingerprint density at radius 3 is 2.45 bits per heavy atom. The maximum atomic E-state index is 12.2. The highest BCUT2D eigenvalue weighted by Crippen LogP contribution is 2.12. The number of carbonyl (C=O) groups is 1. The predicted octanol–water partition coefficient (Wildman–Crippen LogP) is 2.87. The molecule has 0 spiro atoms. The first-order valence-corrected chi connectivity index (χ1v) is 9.24. The molecule has 0 unspecified atom stereocenters. The molecule has 0 fully saturated rings. The highest BCUT2D eigenvalue weighted by Gasteiger charge is 2.11. The summed E-state index contributed by atoms with van der Waals surface area (Å²) in [4.78, 5) is 24.1. The Morgan fingerprint density at radius 2 is 1.66 bits per heavy atom. The van der Waals surface area contributed by atoms with Crippen LogP contribution in [0.25, 0.3) is 0 Å². The van der Waals surface area contributed by atoms with Crippen LogP contribution in [0.3, 0.4) is 0 Å². The van der Waals surface area contributed by atoms with Crippen LogP contribution >= 0.6 is 0 Å². The van der Waals surface area contributed by atoms with Crippen molar-refractivity contribution in [2.75, 3.05) is 19.8 Å². The molecule has 0 aliphatic rings. The van der Waals surface area contributed by atoms with Crippen LogP contribution in [-0.4, -0.2) is 35.6 Å². The molecular formula is C22H22N2O5. The number of aryl methyl sites for hydroxylation is 1. The van der Waals surface area contributed by atoms with E-state index in [1.807, 2.05) is 61.5 Å². The molecule has 1 aromatic heterocycles. The molecule has 0 amide bonds. The average Bonchev–Trinajstić information content (AvgIpc) is 2.73. The number of esters is 1. The van der Waals surface area contributed by atoms with E-state index in [1.54, 1.807) is 0 Å². The third-order valence-corrected chi connectivity index (χ3v) is 3.97. The Kier molecular flexibility index (Phi) is 7.00. The Bertz CT molecular complexity index is 1000. The van der Waals surface area contributed by atoms with Crippen molar-refractivity contribution in [1.82, 2.24) is 9.78 Å². The van der Waals surface area contributed by atoms with Crippen molar-refractivity contribution in [3.05, 3.63) is 88.3 Å². The molecule has 1 heterocycles. The van der Waals surface area contributed by atoms with Crippen LogP contribution in [0, 0.1) is 6.92 Å². The molecule has 0 N–H and O–H groups in total. The van der Waals surface area contributed by atoms with Crippen LogP contribution in [0.4, 0.5) is 0 Å². The lowest BCUT2D eigenvalue weighted by molar-refractivity contribution is 0.0440. The number of para-hydroxylation sites is 1. The van der Waals surface area contributed by atoms with Crippen LogP contribution < -0.4 is 15.0 Å². The second-order valence-electron chi connectivity index (χ2n) is 6.24. The molecule has 0 aliphatic carbocycles. The van der Waals surface area contributed by atoms with Crippen molar-refractivity contribution in [3.8, 4) is 11.5 Å². The number of benzene rings is 2. The van der Waals surface area contributed by atoms with Gasteiger partial charge in [-0.2, -0.15) is 5.10 Å². The fourth-order valence-electron chi connectivity index (χ4n) is 2.56. The van der Waals surface area contributed by atoms with E-state index in [9.17, 15) is 9.59 Å².